The number of carbonyl (C=O) groups is 2. The lowest BCUT2D eigenvalue weighted by atomic mass is 9.61. The van der Waals surface area contributed by atoms with Crippen molar-refractivity contribution >= 4 is 11.8 Å². The van der Waals surface area contributed by atoms with E-state index in [1.807, 2.05) is 43.3 Å². The Kier molecular flexibility index (Phi) is 5.98. The van der Waals surface area contributed by atoms with Gasteiger partial charge in [-0.2, -0.15) is 5.26 Å². The predicted molar refractivity (Wildman–Crippen MR) is 112 cm³/mol. The highest BCUT2D eigenvalue weighted by atomic mass is 16.5. The molecule has 0 aromatic heterocycles. The minimum Gasteiger partial charge on any atom is -0.466 e. The fraction of sp³-hybridized carbons (Fsp3) is 0.320. The molecule has 0 saturated heterocycles. The molecule has 1 unspecified atom stereocenters. The van der Waals surface area contributed by atoms with Gasteiger partial charge in [0.2, 0.25) is 0 Å². The van der Waals surface area contributed by atoms with Crippen LogP contribution in [0.2, 0.25) is 0 Å². The van der Waals surface area contributed by atoms with Crippen LogP contribution in [0.5, 0.6) is 0 Å². The van der Waals surface area contributed by atoms with Crippen molar-refractivity contribution in [2.45, 2.75) is 38.5 Å². The molecule has 0 amide bonds. The van der Waals surface area contributed by atoms with Crippen molar-refractivity contribution in [1.82, 2.24) is 0 Å². The number of hydrogen-bond acceptors (Lipinski definition) is 4. The SMILES string of the molecule is C=C1CC(=O)[C@H](CC(=O)OCC)C(C)(c2cccc(-c3cccc(C#N)c3)c2)C1. The second-order valence-corrected chi connectivity index (χ2v) is 7.82. The van der Waals surface area contributed by atoms with Crippen molar-refractivity contribution in [3.05, 3.63) is 71.8 Å². The lowest BCUT2D eigenvalue weighted by Crippen LogP contribution is -2.43. The molecule has 29 heavy (non-hydrogen) atoms. The normalized spacial score (nSPS) is 21.5. The first-order valence-corrected chi connectivity index (χ1v) is 9.83. The van der Waals surface area contributed by atoms with Gasteiger partial charge >= 0.3 is 5.97 Å². The monoisotopic (exact) mass is 387 g/mol. The number of benzene rings is 2. The number of ether oxygens (including phenoxy) is 1. The van der Waals surface area contributed by atoms with Crippen LogP contribution in [-0.2, 0) is 19.7 Å². The van der Waals surface area contributed by atoms with Crippen molar-refractivity contribution < 1.29 is 14.3 Å². The Hall–Kier alpha value is -3.19. The highest BCUT2D eigenvalue weighted by Gasteiger charge is 2.45. The fourth-order valence-corrected chi connectivity index (χ4v) is 4.28. The minimum absolute atomic E-state index is 0.0358. The van der Waals surface area contributed by atoms with E-state index in [4.69, 9.17) is 4.74 Å². The Balaban J connectivity index is 2.03. The van der Waals surface area contributed by atoms with Crippen molar-refractivity contribution in [3.63, 3.8) is 0 Å². The second-order valence-electron chi connectivity index (χ2n) is 7.82. The van der Waals surface area contributed by atoms with Gasteiger partial charge in [0, 0.05) is 17.8 Å². The highest BCUT2D eigenvalue weighted by molar-refractivity contribution is 5.90. The number of hydrogen-bond donors (Lipinski definition) is 0. The van der Waals surface area contributed by atoms with Gasteiger partial charge in [-0.05, 0) is 42.2 Å². The number of carbonyl (C=O) groups excluding carboxylic acids is 2. The van der Waals surface area contributed by atoms with Gasteiger partial charge in [0.05, 0.1) is 24.7 Å². The molecule has 3 rings (SSSR count). The Morgan fingerprint density at radius 1 is 1.24 bits per heavy atom. The zero-order valence-electron chi connectivity index (χ0n) is 16.9. The van der Waals surface area contributed by atoms with Gasteiger partial charge in [0.25, 0.3) is 0 Å². The number of ketones is 1. The molecule has 0 aliphatic heterocycles. The van der Waals surface area contributed by atoms with E-state index in [1.54, 1.807) is 13.0 Å². The smallest absolute Gasteiger partial charge is 0.306 e. The molecular formula is C25H25NO3. The van der Waals surface area contributed by atoms with Crippen molar-refractivity contribution in [2.24, 2.45) is 5.92 Å². The van der Waals surface area contributed by atoms with Gasteiger partial charge < -0.3 is 4.74 Å². The van der Waals surface area contributed by atoms with Crippen LogP contribution < -0.4 is 0 Å². The molecule has 0 N–H and O–H groups in total. The average molecular weight is 387 g/mol. The van der Waals surface area contributed by atoms with Crippen LogP contribution in [0.1, 0.15) is 44.2 Å². The van der Waals surface area contributed by atoms with E-state index >= 15 is 0 Å². The molecule has 1 saturated carbocycles. The molecule has 0 radical (unpaired) electrons. The molecule has 0 bridgehead atoms. The summed E-state index contributed by atoms with van der Waals surface area (Å²) in [7, 11) is 0. The third kappa shape index (κ3) is 4.30. The summed E-state index contributed by atoms with van der Waals surface area (Å²) in [6, 6.07) is 17.6. The molecule has 1 aliphatic carbocycles. The fourth-order valence-electron chi connectivity index (χ4n) is 4.28. The molecule has 0 spiro atoms. The summed E-state index contributed by atoms with van der Waals surface area (Å²) < 4.78 is 5.12. The van der Waals surface area contributed by atoms with Gasteiger partial charge in [-0.3, -0.25) is 9.59 Å². The summed E-state index contributed by atoms with van der Waals surface area (Å²) in [4.78, 5) is 25.1. The first-order valence-electron chi connectivity index (χ1n) is 9.83. The second kappa shape index (κ2) is 8.45. The molecule has 148 valence electrons. The summed E-state index contributed by atoms with van der Waals surface area (Å²) in [5.74, 6) is -0.760. The Labute approximate surface area is 171 Å². The highest BCUT2D eigenvalue weighted by Crippen LogP contribution is 2.46. The van der Waals surface area contributed by atoms with Crippen molar-refractivity contribution in [1.29, 1.82) is 5.26 Å². The molecule has 0 heterocycles. The summed E-state index contributed by atoms with van der Waals surface area (Å²) in [5.41, 5.74) is 3.84. The van der Waals surface area contributed by atoms with Gasteiger partial charge in [0.1, 0.15) is 5.78 Å². The number of Topliss-reactive ketones (excluding diaryl/α,β-unsaturated/α-hetero) is 1. The number of allylic oxidation sites excluding steroid dienone is 1. The van der Waals surface area contributed by atoms with Crippen molar-refractivity contribution in [3.8, 4) is 17.2 Å². The van der Waals surface area contributed by atoms with E-state index in [-0.39, 0.29) is 18.2 Å². The number of nitrogens with zero attached hydrogens (tertiary/aromatic N) is 1. The van der Waals surface area contributed by atoms with Gasteiger partial charge in [0.15, 0.2) is 0 Å². The average Bonchev–Trinajstić information content (AvgIpc) is 2.71. The lowest BCUT2D eigenvalue weighted by Gasteiger charge is -2.41. The number of nitriles is 1. The Morgan fingerprint density at radius 2 is 1.93 bits per heavy atom. The maximum absolute atomic E-state index is 12.9. The van der Waals surface area contributed by atoms with E-state index < -0.39 is 11.3 Å². The summed E-state index contributed by atoms with van der Waals surface area (Å²) in [6.45, 7) is 8.16. The maximum atomic E-state index is 12.9. The molecule has 4 nitrogen and oxygen atoms in total. The van der Waals surface area contributed by atoms with Crippen LogP contribution in [0.3, 0.4) is 0 Å². The van der Waals surface area contributed by atoms with Crippen LogP contribution in [0, 0.1) is 17.2 Å². The van der Waals surface area contributed by atoms with Crippen molar-refractivity contribution in [2.75, 3.05) is 6.61 Å². The van der Waals surface area contributed by atoms with Crippen LogP contribution in [0.25, 0.3) is 11.1 Å². The minimum atomic E-state index is -0.540. The zero-order valence-corrected chi connectivity index (χ0v) is 16.9. The van der Waals surface area contributed by atoms with Gasteiger partial charge in [-0.15, -0.1) is 0 Å². The van der Waals surface area contributed by atoms with E-state index in [0.29, 0.717) is 25.0 Å². The number of rotatable bonds is 5. The van der Waals surface area contributed by atoms with Crippen LogP contribution in [0.15, 0.2) is 60.7 Å². The lowest BCUT2D eigenvalue weighted by molar-refractivity contribution is -0.147. The van der Waals surface area contributed by atoms with Crippen LogP contribution in [0.4, 0.5) is 0 Å². The summed E-state index contributed by atoms with van der Waals surface area (Å²) >= 11 is 0. The molecule has 2 aromatic carbocycles. The quantitative estimate of drug-likeness (QED) is 0.536. The van der Waals surface area contributed by atoms with E-state index in [1.165, 1.54) is 0 Å². The van der Waals surface area contributed by atoms with E-state index in [9.17, 15) is 14.9 Å². The Morgan fingerprint density at radius 3 is 2.62 bits per heavy atom. The predicted octanol–water partition coefficient (Wildman–Crippen LogP) is 4.97. The summed E-state index contributed by atoms with van der Waals surface area (Å²) in [5, 5.41) is 9.19. The topological polar surface area (TPSA) is 67.2 Å². The Bertz CT molecular complexity index is 1000. The molecule has 1 fully saturated rings. The van der Waals surface area contributed by atoms with E-state index in [0.717, 1.165) is 22.3 Å². The number of esters is 1. The first-order chi connectivity index (χ1) is 13.9. The maximum Gasteiger partial charge on any atom is 0.306 e. The zero-order chi connectivity index (χ0) is 21.0. The molecule has 4 heteroatoms. The first kappa shape index (κ1) is 20.5. The molecule has 2 atom stereocenters. The molecule has 2 aromatic rings. The van der Waals surface area contributed by atoms with Crippen LogP contribution >= 0.6 is 0 Å². The van der Waals surface area contributed by atoms with Gasteiger partial charge in [-0.25, -0.2) is 0 Å². The summed E-state index contributed by atoms with van der Waals surface area (Å²) in [6.07, 6.45) is 1.03. The largest absolute Gasteiger partial charge is 0.466 e. The standard InChI is InChI=1S/C25H25NO3/c1-4-29-24(28)14-22-23(27)11-17(2)15-25(22,3)21-10-6-9-20(13-21)19-8-5-7-18(12-19)16-26/h5-10,12-13,22H,2,4,11,14-15H2,1,3H3/t22-,25?/m0/s1. The molecule has 1 aliphatic rings. The van der Waals surface area contributed by atoms with Crippen LogP contribution in [-0.4, -0.2) is 18.4 Å². The molecular weight excluding hydrogens is 362 g/mol. The third-order valence-corrected chi connectivity index (χ3v) is 5.72. The van der Waals surface area contributed by atoms with Gasteiger partial charge in [-0.1, -0.05) is 55.5 Å². The van der Waals surface area contributed by atoms with E-state index in [2.05, 4.69) is 18.7 Å². The third-order valence-electron chi connectivity index (χ3n) is 5.72.